The van der Waals surface area contributed by atoms with Crippen molar-refractivity contribution < 1.29 is 18.4 Å². The van der Waals surface area contributed by atoms with E-state index in [4.69, 9.17) is 14.8 Å². The predicted octanol–water partition coefficient (Wildman–Crippen LogP) is 0.0841. The fourth-order valence-electron chi connectivity index (χ4n) is 2.19. The molecular formula is C13H21N6O5P. The first kappa shape index (κ1) is 19.1. The molecule has 0 bridgehead atoms. The molecule has 12 heteroatoms. The molecule has 2 aromatic rings. The van der Waals surface area contributed by atoms with Gasteiger partial charge < -0.3 is 24.7 Å². The van der Waals surface area contributed by atoms with Gasteiger partial charge in [-0.05, 0) is 13.8 Å². The van der Waals surface area contributed by atoms with Gasteiger partial charge in [0.1, 0.15) is 6.54 Å². The number of H-pyrrole nitrogens is 1. The second-order valence-corrected chi connectivity index (χ2v) is 7.20. The van der Waals surface area contributed by atoms with Gasteiger partial charge in [-0.25, -0.2) is 4.98 Å². The summed E-state index contributed by atoms with van der Waals surface area (Å²) < 4.78 is 24.0. The highest BCUT2D eigenvalue weighted by atomic mass is 31.2. The van der Waals surface area contributed by atoms with E-state index in [9.17, 15) is 14.2 Å². The van der Waals surface area contributed by atoms with Crippen molar-refractivity contribution >= 4 is 30.6 Å². The third-order valence-corrected chi connectivity index (χ3v) is 5.24. The number of nitrogens with two attached hydrogens (primary N) is 1. The molecule has 0 spiro atoms. The molecule has 138 valence electrons. The van der Waals surface area contributed by atoms with Crippen molar-refractivity contribution in [2.45, 2.75) is 20.4 Å². The van der Waals surface area contributed by atoms with E-state index in [-0.39, 0.29) is 55.5 Å². The summed E-state index contributed by atoms with van der Waals surface area (Å²) >= 11 is 0. The maximum absolute atomic E-state index is 12.3. The lowest BCUT2D eigenvalue weighted by atomic mass is 10.5. The summed E-state index contributed by atoms with van der Waals surface area (Å²) in [6.45, 7) is 3.96. The first-order valence-electron chi connectivity index (χ1n) is 7.74. The van der Waals surface area contributed by atoms with Crippen molar-refractivity contribution in [2.24, 2.45) is 0 Å². The zero-order valence-corrected chi connectivity index (χ0v) is 14.9. The summed E-state index contributed by atoms with van der Waals surface area (Å²) in [7, 11) is -3.21. The topological polar surface area (TPSA) is 154 Å². The molecule has 0 aliphatic carbocycles. The van der Waals surface area contributed by atoms with Gasteiger partial charge in [0.05, 0.1) is 25.7 Å². The summed E-state index contributed by atoms with van der Waals surface area (Å²) in [5.41, 5.74) is 5.34. The zero-order valence-electron chi connectivity index (χ0n) is 14.0. The highest BCUT2D eigenvalue weighted by Crippen LogP contribution is 2.47. The van der Waals surface area contributed by atoms with Gasteiger partial charge in [-0.1, -0.05) is 0 Å². The molecule has 0 radical (unpaired) electrons. The SMILES string of the molecule is CCOP(=O)(CCNC(=O)Cn1cnc2c(=O)[nH]c(N)nc21)OCC. The van der Waals surface area contributed by atoms with Crippen LogP contribution in [0, 0.1) is 0 Å². The van der Waals surface area contributed by atoms with E-state index >= 15 is 0 Å². The molecule has 0 saturated carbocycles. The first-order chi connectivity index (χ1) is 11.9. The molecule has 2 aromatic heterocycles. The van der Waals surface area contributed by atoms with Gasteiger partial charge in [-0.3, -0.25) is 19.1 Å². The van der Waals surface area contributed by atoms with Crippen LogP contribution in [0.15, 0.2) is 11.1 Å². The molecule has 1 amide bonds. The molecule has 0 aliphatic heterocycles. The Labute approximate surface area is 143 Å². The molecule has 11 nitrogen and oxygen atoms in total. The Hall–Kier alpha value is -2.23. The number of nitrogens with zero attached hydrogens (tertiary/aromatic N) is 3. The largest absolute Gasteiger partial charge is 0.369 e. The van der Waals surface area contributed by atoms with E-state index in [1.807, 2.05) is 0 Å². The lowest BCUT2D eigenvalue weighted by Crippen LogP contribution is -2.30. The predicted molar refractivity (Wildman–Crippen MR) is 91.3 cm³/mol. The fraction of sp³-hybridized carbons (Fsp3) is 0.538. The Morgan fingerprint density at radius 1 is 1.40 bits per heavy atom. The summed E-state index contributed by atoms with van der Waals surface area (Å²) in [5.74, 6) is -0.423. The van der Waals surface area contributed by atoms with Gasteiger partial charge in [0.25, 0.3) is 5.56 Å². The first-order valence-corrected chi connectivity index (χ1v) is 9.46. The van der Waals surface area contributed by atoms with Crippen molar-refractivity contribution in [1.82, 2.24) is 24.8 Å². The number of rotatable bonds is 9. The number of nitrogen functional groups attached to an aromatic ring is 1. The normalized spacial score (nSPS) is 11.8. The quantitative estimate of drug-likeness (QED) is 0.523. The van der Waals surface area contributed by atoms with E-state index in [1.54, 1.807) is 13.8 Å². The van der Waals surface area contributed by atoms with Crippen LogP contribution >= 0.6 is 7.60 Å². The number of carbonyl (C=O) groups is 1. The summed E-state index contributed by atoms with van der Waals surface area (Å²) in [4.78, 5) is 34.0. The average molecular weight is 372 g/mol. The smallest absolute Gasteiger partial charge is 0.332 e. The number of imidazole rings is 1. The minimum Gasteiger partial charge on any atom is -0.369 e. The van der Waals surface area contributed by atoms with Crippen LogP contribution in [0.5, 0.6) is 0 Å². The fourth-order valence-corrected chi connectivity index (χ4v) is 3.69. The monoisotopic (exact) mass is 372 g/mol. The number of nitrogens with one attached hydrogen (secondary N) is 2. The number of aromatic amines is 1. The van der Waals surface area contributed by atoms with Gasteiger partial charge >= 0.3 is 7.60 Å². The summed E-state index contributed by atoms with van der Waals surface area (Å²) in [6.07, 6.45) is 1.40. The number of fused-ring (bicyclic) bond motifs is 1. The van der Waals surface area contributed by atoms with E-state index in [1.165, 1.54) is 10.9 Å². The molecule has 0 unspecified atom stereocenters. The molecule has 2 heterocycles. The van der Waals surface area contributed by atoms with Crippen LogP contribution < -0.4 is 16.6 Å². The number of amides is 1. The third-order valence-electron chi connectivity index (χ3n) is 3.17. The molecule has 4 N–H and O–H groups in total. The van der Waals surface area contributed by atoms with Gasteiger partial charge in [-0.15, -0.1) is 0 Å². The molecular weight excluding hydrogens is 351 g/mol. The Kier molecular flexibility index (Phi) is 6.29. The molecule has 0 aromatic carbocycles. The maximum Gasteiger partial charge on any atom is 0.332 e. The Morgan fingerprint density at radius 2 is 2.08 bits per heavy atom. The molecule has 0 aliphatic rings. The Balaban J connectivity index is 1.97. The van der Waals surface area contributed by atoms with Crippen molar-refractivity contribution in [1.29, 1.82) is 0 Å². The van der Waals surface area contributed by atoms with E-state index in [2.05, 4.69) is 20.3 Å². The molecule has 0 atom stereocenters. The van der Waals surface area contributed by atoms with Gasteiger partial charge in [0, 0.05) is 6.54 Å². The summed E-state index contributed by atoms with van der Waals surface area (Å²) in [6, 6.07) is 0. The lowest BCUT2D eigenvalue weighted by Gasteiger charge is -2.17. The Morgan fingerprint density at radius 3 is 2.72 bits per heavy atom. The Bertz CT molecular complexity index is 837. The number of carbonyl (C=O) groups excluding carboxylic acids is 1. The average Bonchev–Trinajstić information content (AvgIpc) is 2.91. The van der Waals surface area contributed by atoms with Gasteiger partial charge in [-0.2, -0.15) is 4.98 Å². The zero-order chi connectivity index (χ0) is 18.4. The molecule has 0 saturated heterocycles. The number of hydrogen-bond acceptors (Lipinski definition) is 8. The molecule has 2 rings (SSSR count). The van der Waals surface area contributed by atoms with Crippen LogP contribution in [0.2, 0.25) is 0 Å². The van der Waals surface area contributed by atoms with Gasteiger partial charge in [0.15, 0.2) is 11.2 Å². The van der Waals surface area contributed by atoms with Crippen LogP contribution in [0.25, 0.3) is 11.2 Å². The second kappa shape index (κ2) is 8.24. The number of anilines is 1. The van der Waals surface area contributed by atoms with Crippen molar-refractivity contribution in [3.8, 4) is 0 Å². The molecule has 25 heavy (non-hydrogen) atoms. The number of hydrogen-bond donors (Lipinski definition) is 3. The van der Waals surface area contributed by atoms with Crippen LogP contribution in [-0.2, 0) is 25.0 Å². The molecule has 0 fully saturated rings. The van der Waals surface area contributed by atoms with Crippen LogP contribution in [-0.4, -0.2) is 51.3 Å². The minimum absolute atomic E-state index is 0.0611. The van der Waals surface area contributed by atoms with Crippen molar-refractivity contribution in [3.63, 3.8) is 0 Å². The van der Waals surface area contributed by atoms with E-state index in [0.29, 0.717) is 0 Å². The van der Waals surface area contributed by atoms with E-state index < -0.39 is 13.2 Å². The van der Waals surface area contributed by atoms with Crippen molar-refractivity contribution in [2.75, 3.05) is 31.7 Å². The summed E-state index contributed by atoms with van der Waals surface area (Å²) in [5, 5.41) is 2.62. The van der Waals surface area contributed by atoms with Crippen molar-refractivity contribution in [3.05, 3.63) is 16.7 Å². The highest BCUT2D eigenvalue weighted by molar-refractivity contribution is 7.53. The highest BCUT2D eigenvalue weighted by Gasteiger charge is 2.23. The minimum atomic E-state index is -3.21. The standard InChI is InChI=1S/C13H21N6O5P/c1-3-23-25(22,24-4-2)6-5-15-9(20)7-19-8-16-10-11(19)17-13(14)18-12(10)21/h8H,3-7H2,1-2H3,(H,15,20)(H3,14,17,18,21). The van der Waals surface area contributed by atoms with Crippen LogP contribution in [0.3, 0.4) is 0 Å². The van der Waals surface area contributed by atoms with Crippen LogP contribution in [0.4, 0.5) is 5.95 Å². The lowest BCUT2D eigenvalue weighted by molar-refractivity contribution is -0.121. The van der Waals surface area contributed by atoms with Gasteiger partial charge in [0.2, 0.25) is 11.9 Å². The second-order valence-electron chi connectivity index (χ2n) is 5.02. The van der Waals surface area contributed by atoms with Crippen LogP contribution in [0.1, 0.15) is 13.8 Å². The number of aromatic nitrogens is 4. The van der Waals surface area contributed by atoms with E-state index in [0.717, 1.165) is 0 Å². The maximum atomic E-state index is 12.3. The third kappa shape index (κ3) is 4.88.